The quantitative estimate of drug-likeness (QED) is 0.731. The summed E-state index contributed by atoms with van der Waals surface area (Å²) in [6, 6.07) is 7.52. The molecule has 3 heterocycles. The monoisotopic (exact) mass is 341 g/mol. The summed E-state index contributed by atoms with van der Waals surface area (Å²) in [5.74, 6) is 1.24. The number of aromatic nitrogens is 4. The number of carbonyl (C=O) groups excluding carboxylic acids is 1. The van der Waals surface area contributed by atoms with E-state index in [4.69, 9.17) is 4.52 Å². The molecular formula is C17H16FN5O2. The molecule has 25 heavy (non-hydrogen) atoms. The van der Waals surface area contributed by atoms with Crippen LogP contribution in [0.25, 0.3) is 11.6 Å². The van der Waals surface area contributed by atoms with Crippen LogP contribution in [0.5, 0.6) is 0 Å². The van der Waals surface area contributed by atoms with E-state index in [1.165, 1.54) is 12.1 Å². The first kappa shape index (κ1) is 15.5. The molecule has 0 N–H and O–H groups in total. The predicted octanol–water partition coefficient (Wildman–Crippen LogP) is 2.48. The number of hydrogen-bond donors (Lipinski definition) is 0. The van der Waals surface area contributed by atoms with Crippen molar-refractivity contribution in [3.05, 3.63) is 53.2 Å². The average molecular weight is 341 g/mol. The molecule has 1 aromatic carbocycles. The molecule has 0 radical (unpaired) electrons. The lowest BCUT2D eigenvalue weighted by atomic mass is 10.1. The van der Waals surface area contributed by atoms with E-state index in [0.717, 1.165) is 11.3 Å². The normalized spacial score (nSPS) is 17.0. The van der Waals surface area contributed by atoms with Crippen LogP contribution in [0.2, 0.25) is 0 Å². The van der Waals surface area contributed by atoms with Gasteiger partial charge in [-0.3, -0.25) is 9.36 Å². The fourth-order valence-electron chi connectivity index (χ4n) is 3.09. The Hall–Kier alpha value is -3.03. The van der Waals surface area contributed by atoms with E-state index in [-0.39, 0.29) is 11.7 Å². The van der Waals surface area contributed by atoms with Crippen molar-refractivity contribution in [1.82, 2.24) is 24.8 Å². The highest BCUT2D eigenvalue weighted by Crippen LogP contribution is 2.29. The highest BCUT2D eigenvalue weighted by atomic mass is 19.1. The largest absolute Gasteiger partial charge is 0.353 e. The van der Waals surface area contributed by atoms with Crippen LogP contribution in [0.4, 0.5) is 4.39 Å². The summed E-state index contributed by atoms with van der Waals surface area (Å²) in [5, 5.41) is 12.2. The Kier molecular flexibility index (Phi) is 3.60. The molecule has 0 fully saturated rings. The minimum Gasteiger partial charge on any atom is -0.353 e. The molecule has 0 spiro atoms. The zero-order chi connectivity index (χ0) is 17.6. The first-order chi connectivity index (χ1) is 12.0. The van der Waals surface area contributed by atoms with Crippen LogP contribution in [0.1, 0.15) is 30.0 Å². The first-order valence-corrected chi connectivity index (χ1v) is 7.93. The lowest BCUT2D eigenvalue weighted by Gasteiger charge is -2.31. The molecule has 8 heteroatoms. The van der Waals surface area contributed by atoms with Crippen molar-refractivity contribution in [2.45, 2.75) is 33.0 Å². The Morgan fingerprint density at radius 1 is 1.32 bits per heavy atom. The minimum atomic E-state index is -0.479. The maximum absolute atomic E-state index is 13.4. The molecule has 2 aromatic heterocycles. The summed E-state index contributed by atoms with van der Waals surface area (Å²) in [5.41, 5.74) is 1.47. The van der Waals surface area contributed by atoms with Crippen molar-refractivity contribution in [3.63, 3.8) is 0 Å². The second-order valence-corrected chi connectivity index (χ2v) is 6.14. The summed E-state index contributed by atoms with van der Waals surface area (Å²) in [4.78, 5) is 14.4. The number of nitrogens with zero attached hydrogens (tertiary/aromatic N) is 5. The van der Waals surface area contributed by atoms with Gasteiger partial charge in [0, 0.05) is 12.6 Å². The van der Waals surface area contributed by atoms with Gasteiger partial charge in [-0.25, -0.2) is 4.39 Å². The van der Waals surface area contributed by atoms with Crippen molar-refractivity contribution < 1.29 is 13.7 Å². The van der Waals surface area contributed by atoms with E-state index in [2.05, 4.69) is 15.4 Å². The van der Waals surface area contributed by atoms with E-state index >= 15 is 0 Å². The number of amides is 1. The summed E-state index contributed by atoms with van der Waals surface area (Å²) in [6.45, 7) is 4.24. The van der Waals surface area contributed by atoms with E-state index in [1.54, 1.807) is 34.6 Å². The molecule has 7 nitrogen and oxygen atoms in total. The summed E-state index contributed by atoms with van der Waals surface area (Å²) in [6.07, 6.45) is 0. The van der Waals surface area contributed by atoms with Gasteiger partial charge in [0.1, 0.15) is 11.9 Å². The van der Waals surface area contributed by atoms with Crippen molar-refractivity contribution in [1.29, 1.82) is 0 Å². The van der Waals surface area contributed by atoms with Gasteiger partial charge in [-0.15, -0.1) is 10.2 Å². The van der Waals surface area contributed by atoms with E-state index in [9.17, 15) is 9.18 Å². The van der Waals surface area contributed by atoms with E-state index < -0.39 is 6.04 Å². The molecule has 128 valence electrons. The number of rotatable bonds is 3. The van der Waals surface area contributed by atoms with Gasteiger partial charge in [-0.05, 0) is 31.5 Å². The number of halogens is 1. The van der Waals surface area contributed by atoms with Crippen LogP contribution >= 0.6 is 0 Å². The number of carbonyl (C=O) groups is 1. The van der Waals surface area contributed by atoms with Crippen molar-refractivity contribution in [2.75, 3.05) is 0 Å². The van der Waals surface area contributed by atoms with Crippen molar-refractivity contribution in [3.8, 4) is 11.6 Å². The highest BCUT2D eigenvalue weighted by molar-refractivity contribution is 5.81. The Morgan fingerprint density at radius 3 is 2.88 bits per heavy atom. The van der Waals surface area contributed by atoms with Gasteiger partial charge >= 0.3 is 0 Å². The Morgan fingerprint density at radius 2 is 2.16 bits per heavy atom. The third kappa shape index (κ3) is 2.69. The van der Waals surface area contributed by atoms with Crippen LogP contribution in [-0.4, -0.2) is 30.7 Å². The fraction of sp³-hybridized carbons (Fsp3) is 0.294. The molecule has 1 amide bonds. The Labute approximate surface area is 143 Å². The standard InChI is InChI=1S/C17H16FN5O2/c1-10-6-14(25-21-10)16-20-19-15-9-22(17(24)11(2)23(15)16)8-12-4-3-5-13(18)7-12/h3-7,11H,8-9H2,1-2H3/t11-/m0/s1. The topological polar surface area (TPSA) is 77.0 Å². The van der Waals surface area contributed by atoms with Crippen molar-refractivity contribution >= 4 is 5.91 Å². The summed E-state index contributed by atoms with van der Waals surface area (Å²) < 4.78 is 20.4. The smallest absolute Gasteiger partial charge is 0.246 e. The molecule has 0 unspecified atom stereocenters. The van der Waals surface area contributed by atoms with Gasteiger partial charge in [0.05, 0.1) is 12.2 Å². The molecule has 1 aliphatic heterocycles. The van der Waals surface area contributed by atoms with Crippen LogP contribution in [0.15, 0.2) is 34.9 Å². The maximum Gasteiger partial charge on any atom is 0.246 e. The van der Waals surface area contributed by atoms with Crippen LogP contribution in [0.3, 0.4) is 0 Å². The SMILES string of the molecule is Cc1cc(-c2nnc3n2[C@@H](C)C(=O)N(Cc2cccc(F)c2)C3)on1. The number of hydrogen-bond acceptors (Lipinski definition) is 5. The highest BCUT2D eigenvalue weighted by Gasteiger charge is 2.34. The first-order valence-electron chi connectivity index (χ1n) is 7.93. The molecule has 0 saturated heterocycles. The maximum atomic E-state index is 13.4. The average Bonchev–Trinajstić information content (AvgIpc) is 3.18. The van der Waals surface area contributed by atoms with Gasteiger partial charge in [-0.2, -0.15) is 0 Å². The van der Waals surface area contributed by atoms with Gasteiger partial charge < -0.3 is 9.42 Å². The van der Waals surface area contributed by atoms with Crippen LogP contribution in [-0.2, 0) is 17.9 Å². The number of aryl methyl sites for hydroxylation is 1. The van der Waals surface area contributed by atoms with Gasteiger partial charge in [0.2, 0.25) is 17.5 Å². The predicted molar refractivity (Wildman–Crippen MR) is 85.6 cm³/mol. The molecule has 1 atom stereocenters. The zero-order valence-electron chi connectivity index (χ0n) is 13.8. The summed E-state index contributed by atoms with van der Waals surface area (Å²) >= 11 is 0. The van der Waals surface area contributed by atoms with Gasteiger partial charge in [0.25, 0.3) is 0 Å². The molecule has 0 saturated carbocycles. The van der Waals surface area contributed by atoms with Crippen molar-refractivity contribution in [2.24, 2.45) is 0 Å². The molecular weight excluding hydrogens is 325 g/mol. The zero-order valence-corrected chi connectivity index (χ0v) is 13.8. The molecule has 0 bridgehead atoms. The van der Waals surface area contributed by atoms with Crippen LogP contribution in [0, 0.1) is 12.7 Å². The lowest BCUT2D eigenvalue weighted by molar-refractivity contribution is -0.137. The molecule has 4 rings (SSSR count). The van der Waals surface area contributed by atoms with Gasteiger partial charge in [-0.1, -0.05) is 17.3 Å². The van der Waals surface area contributed by atoms with E-state index in [1.807, 2.05) is 6.92 Å². The molecule has 0 aliphatic carbocycles. The third-order valence-electron chi connectivity index (χ3n) is 4.27. The molecule has 3 aromatic rings. The number of benzene rings is 1. The fourth-order valence-corrected chi connectivity index (χ4v) is 3.09. The second kappa shape index (κ2) is 5.80. The van der Waals surface area contributed by atoms with E-state index in [0.29, 0.717) is 30.5 Å². The second-order valence-electron chi connectivity index (χ2n) is 6.14. The Bertz CT molecular complexity index is 948. The lowest BCUT2D eigenvalue weighted by Crippen LogP contribution is -2.41. The number of fused-ring (bicyclic) bond motifs is 1. The van der Waals surface area contributed by atoms with Gasteiger partial charge in [0.15, 0.2) is 5.82 Å². The van der Waals surface area contributed by atoms with Crippen LogP contribution < -0.4 is 0 Å². The summed E-state index contributed by atoms with van der Waals surface area (Å²) in [7, 11) is 0. The minimum absolute atomic E-state index is 0.0750. The molecule has 1 aliphatic rings. The third-order valence-corrected chi connectivity index (χ3v) is 4.27. The Balaban J connectivity index is 1.65.